The summed E-state index contributed by atoms with van der Waals surface area (Å²) in [5, 5.41) is 12.8. The lowest BCUT2D eigenvalue weighted by Gasteiger charge is -2.22. The lowest BCUT2D eigenvalue weighted by Crippen LogP contribution is -2.26. The van der Waals surface area contributed by atoms with Crippen LogP contribution in [0.4, 0.5) is 5.69 Å². The van der Waals surface area contributed by atoms with Crippen molar-refractivity contribution in [2.24, 2.45) is 5.41 Å². The number of aromatic nitrogens is 1. The molecule has 0 aliphatic rings. The van der Waals surface area contributed by atoms with Crippen LogP contribution in [0.3, 0.4) is 0 Å². The molecule has 1 heterocycles. The van der Waals surface area contributed by atoms with Crippen LogP contribution in [0.1, 0.15) is 19.4 Å². The van der Waals surface area contributed by atoms with E-state index in [-0.39, 0.29) is 12.0 Å². The van der Waals surface area contributed by atoms with Gasteiger partial charge < -0.3 is 10.4 Å². The van der Waals surface area contributed by atoms with Crippen LogP contribution in [-0.2, 0) is 0 Å². The van der Waals surface area contributed by atoms with Crippen molar-refractivity contribution in [3.05, 3.63) is 23.0 Å². The van der Waals surface area contributed by atoms with Gasteiger partial charge in [-0.05, 0) is 18.6 Å². The molecule has 1 aromatic heterocycles. The quantitative estimate of drug-likeness (QED) is 0.779. The summed E-state index contributed by atoms with van der Waals surface area (Å²) in [6, 6.07) is 1.95. The Kier molecular flexibility index (Phi) is 3.94. The van der Waals surface area contributed by atoms with Gasteiger partial charge in [0.2, 0.25) is 0 Å². The maximum Gasteiger partial charge on any atom is 0.152 e. The van der Waals surface area contributed by atoms with Gasteiger partial charge in [-0.1, -0.05) is 25.4 Å². The summed E-state index contributed by atoms with van der Waals surface area (Å²) in [5.74, 6) is 0. The average Bonchev–Trinajstić information content (AvgIpc) is 2.20. The van der Waals surface area contributed by atoms with E-state index in [1.807, 2.05) is 26.8 Å². The fraction of sp³-hybridized carbons (Fsp3) is 0.545. The zero-order valence-electron chi connectivity index (χ0n) is 9.34. The van der Waals surface area contributed by atoms with Gasteiger partial charge in [-0.2, -0.15) is 0 Å². The van der Waals surface area contributed by atoms with E-state index in [1.165, 1.54) is 0 Å². The second-order valence-corrected chi connectivity index (χ2v) is 4.88. The predicted molar refractivity (Wildman–Crippen MR) is 63.3 cm³/mol. The fourth-order valence-corrected chi connectivity index (χ4v) is 1.24. The van der Waals surface area contributed by atoms with Crippen LogP contribution < -0.4 is 5.32 Å². The molecule has 0 aliphatic heterocycles. The molecular weight excluding hydrogens is 212 g/mol. The number of aliphatic hydroxyl groups excluding tert-OH is 1. The highest BCUT2D eigenvalue weighted by Crippen LogP contribution is 2.22. The van der Waals surface area contributed by atoms with Gasteiger partial charge in [0.1, 0.15) is 0 Å². The predicted octanol–water partition coefficient (Wildman–Crippen LogP) is 2.47. The van der Waals surface area contributed by atoms with E-state index < -0.39 is 0 Å². The van der Waals surface area contributed by atoms with Crippen LogP contribution in [0.2, 0.25) is 5.15 Å². The Morgan fingerprint density at radius 1 is 1.53 bits per heavy atom. The second kappa shape index (κ2) is 4.81. The van der Waals surface area contributed by atoms with Gasteiger partial charge in [0, 0.05) is 24.8 Å². The number of aryl methyl sites for hydroxylation is 1. The lowest BCUT2D eigenvalue weighted by atomic mass is 9.95. The number of hydrogen-bond donors (Lipinski definition) is 2. The molecule has 2 N–H and O–H groups in total. The second-order valence-electron chi connectivity index (χ2n) is 4.53. The van der Waals surface area contributed by atoms with Gasteiger partial charge in [0.25, 0.3) is 0 Å². The fourth-order valence-electron chi connectivity index (χ4n) is 1.07. The third-order valence-corrected chi connectivity index (χ3v) is 2.46. The molecule has 4 heteroatoms. The van der Waals surface area contributed by atoms with Gasteiger partial charge in [-0.25, -0.2) is 4.98 Å². The molecule has 0 amide bonds. The monoisotopic (exact) mass is 228 g/mol. The van der Waals surface area contributed by atoms with E-state index >= 15 is 0 Å². The van der Waals surface area contributed by atoms with Crippen LogP contribution in [0.5, 0.6) is 0 Å². The number of hydrogen-bond acceptors (Lipinski definition) is 3. The van der Waals surface area contributed by atoms with Gasteiger partial charge in [0.15, 0.2) is 5.15 Å². The minimum atomic E-state index is -0.160. The van der Waals surface area contributed by atoms with Gasteiger partial charge in [0.05, 0.1) is 5.69 Å². The SMILES string of the molecule is Cc1cnc(Cl)c(NCC(C)(C)CO)c1. The third kappa shape index (κ3) is 3.68. The Bertz CT molecular complexity index is 339. The minimum absolute atomic E-state index is 0.136. The molecule has 84 valence electrons. The zero-order chi connectivity index (χ0) is 11.5. The molecule has 0 atom stereocenters. The molecule has 0 bridgehead atoms. The molecule has 0 fully saturated rings. The molecule has 1 aromatic rings. The molecule has 0 saturated heterocycles. The van der Waals surface area contributed by atoms with Gasteiger partial charge in [-0.3, -0.25) is 0 Å². The Hall–Kier alpha value is -0.800. The maximum atomic E-state index is 9.11. The number of nitrogens with zero attached hydrogens (tertiary/aromatic N) is 1. The molecule has 3 nitrogen and oxygen atoms in total. The average molecular weight is 229 g/mol. The van der Waals surface area contributed by atoms with Crippen molar-refractivity contribution >= 4 is 17.3 Å². The third-order valence-electron chi connectivity index (χ3n) is 2.16. The van der Waals surface area contributed by atoms with Crippen LogP contribution in [0.25, 0.3) is 0 Å². The number of rotatable bonds is 4. The molecular formula is C11H17ClN2O. The van der Waals surface area contributed by atoms with Gasteiger partial charge >= 0.3 is 0 Å². The highest BCUT2D eigenvalue weighted by molar-refractivity contribution is 6.31. The molecule has 1 rings (SSSR count). The van der Waals surface area contributed by atoms with Gasteiger partial charge in [-0.15, -0.1) is 0 Å². The molecule has 0 aromatic carbocycles. The van der Waals surface area contributed by atoms with Crippen molar-refractivity contribution in [2.75, 3.05) is 18.5 Å². The minimum Gasteiger partial charge on any atom is -0.396 e. The molecule has 0 radical (unpaired) electrons. The van der Waals surface area contributed by atoms with E-state index in [1.54, 1.807) is 6.20 Å². The summed E-state index contributed by atoms with van der Waals surface area (Å²) < 4.78 is 0. The van der Waals surface area contributed by atoms with Crippen LogP contribution in [0.15, 0.2) is 12.3 Å². The van der Waals surface area contributed by atoms with E-state index in [4.69, 9.17) is 16.7 Å². The van der Waals surface area contributed by atoms with E-state index in [2.05, 4.69) is 10.3 Å². The largest absolute Gasteiger partial charge is 0.396 e. The zero-order valence-corrected chi connectivity index (χ0v) is 10.1. The van der Waals surface area contributed by atoms with Crippen molar-refractivity contribution in [1.29, 1.82) is 0 Å². The maximum absolute atomic E-state index is 9.11. The van der Waals surface area contributed by atoms with E-state index in [0.717, 1.165) is 11.3 Å². The summed E-state index contributed by atoms with van der Waals surface area (Å²) in [5.41, 5.74) is 1.72. The van der Waals surface area contributed by atoms with Crippen molar-refractivity contribution in [1.82, 2.24) is 4.98 Å². The Morgan fingerprint density at radius 2 is 2.20 bits per heavy atom. The topological polar surface area (TPSA) is 45.2 Å². The van der Waals surface area contributed by atoms with E-state index in [0.29, 0.717) is 11.7 Å². The van der Waals surface area contributed by atoms with Crippen molar-refractivity contribution in [3.63, 3.8) is 0 Å². The Morgan fingerprint density at radius 3 is 2.80 bits per heavy atom. The first-order chi connectivity index (χ1) is 6.94. The molecule has 0 unspecified atom stereocenters. The van der Waals surface area contributed by atoms with Crippen molar-refractivity contribution in [2.45, 2.75) is 20.8 Å². The first kappa shape index (κ1) is 12.3. The summed E-state index contributed by atoms with van der Waals surface area (Å²) in [6.45, 7) is 6.73. The molecule has 0 saturated carbocycles. The Labute approximate surface area is 95.5 Å². The number of anilines is 1. The summed E-state index contributed by atoms with van der Waals surface area (Å²) >= 11 is 5.93. The van der Waals surface area contributed by atoms with Crippen molar-refractivity contribution in [3.8, 4) is 0 Å². The van der Waals surface area contributed by atoms with Crippen LogP contribution in [-0.4, -0.2) is 23.2 Å². The first-order valence-electron chi connectivity index (χ1n) is 4.91. The number of pyridine rings is 1. The van der Waals surface area contributed by atoms with Crippen LogP contribution in [0, 0.1) is 12.3 Å². The normalized spacial score (nSPS) is 11.5. The van der Waals surface area contributed by atoms with E-state index in [9.17, 15) is 0 Å². The van der Waals surface area contributed by atoms with Crippen molar-refractivity contribution < 1.29 is 5.11 Å². The highest BCUT2D eigenvalue weighted by atomic mass is 35.5. The number of nitrogens with one attached hydrogen (secondary N) is 1. The highest BCUT2D eigenvalue weighted by Gasteiger charge is 2.16. The molecule has 0 aliphatic carbocycles. The number of aliphatic hydroxyl groups is 1. The summed E-state index contributed by atoms with van der Waals surface area (Å²) in [7, 11) is 0. The summed E-state index contributed by atoms with van der Waals surface area (Å²) in [6.07, 6.45) is 1.73. The molecule has 15 heavy (non-hydrogen) atoms. The molecule has 0 spiro atoms. The Balaban J connectivity index is 2.69. The smallest absolute Gasteiger partial charge is 0.152 e. The lowest BCUT2D eigenvalue weighted by molar-refractivity contribution is 0.171. The summed E-state index contributed by atoms with van der Waals surface area (Å²) in [4.78, 5) is 4.05. The first-order valence-corrected chi connectivity index (χ1v) is 5.29. The standard InChI is InChI=1S/C11H17ClN2O/c1-8-4-9(10(12)13-5-8)14-6-11(2,3)7-15/h4-5,14-15H,6-7H2,1-3H3. The number of halogens is 1. The van der Waals surface area contributed by atoms with Crippen LogP contribution >= 0.6 is 11.6 Å².